The van der Waals surface area contributed by atoms with Crippen molar-refractivity contribution < 1.29 is 42.5 Å². The largest absolute Gasteiger partial charge is 1.00 e. The van der Waals surface area contributed by atoms with Gasteiger partial charge in [0.25, 0.3) is 0 Å². The normalized spacial score (nSPS) is 15.6. The fourth-order valence-corrected chi connectivity index (χ4v) is 1.09. The molecule has 0 spiro atoms. The Bertz CT molecular complexity index is 329. The molecule has 0 amide bonds. The van der Waals surface area contributed by atoms with E-state index in [-0.39, 0.29) is 34.5 Å². The third-order valence-corrected chi connectivity index (χ3v) is 1.93. The quantitative estimate of drug-likeness (QED) is 0.359. The van der Waals surface area contributed by atoms with Crippen LogP contribution in [0.5, 0.6) is 0 Å². The van der Waals surface area contributed by atoms with Gasteiger partial charge in [-0.05, 0) is 18.2 Å². The van der Waals surface area contributed by atoms with Crippen molar-refractivity contribution in [3.63, 3.8) is 0 Å². The number of allylic oxidation sites excluding steroid dienone is 3. The summed E-state index contributed by atoms with van der Waals surface area (Å²) in [5, 5.41) is 2.63. The van der Waals surface area contributed by atoms with Crippen molar-refractivity contribution in [2.45, 2.75) is 0 Å². The van der Waals surface area contributed by atoms with E-state index >= 15 is 0 Å². The summed E-state index contributed by atoms with van der Waals surface area (Å²) in [5.41, 5.74) is 0. The molecule has 60 valence electrons. The average Bonchev–Trinajstić information content (AvgIpc) is 2.10. The van der Waals surface area contributed by atoms with Crippen LogP contribution in [0.15, 0.2) is 35.5 Å². The number of rotatable bonds is 1. The summed E-state index contributed by atoms with van der Waals surface area (Å²) >= 11 is 0. The molecule has 0 aromatic heterocycles. The van der Waals surface area contributed by atoms with Crippen LogP contribution in [0.4, 0.5) is 0 Å². The minimum absolute atomic E-state index is 0. The minimum atomic E-state index is -4.32. The number of hydrogen-bond donors (Lipinski definition) is 1. The third-order valence-electron chi connectivity index (χ3n) is 1.09. The smallest absolute Gasteiger partial charge is 0.744 e. The van der Waals surface area contributed by atoms with Crippen molar-refractivity contribution >= 4 is 10.1 Å². The predicted octanol–water partition coefficient (Wildman–Crippen LogP) is -2.95. The monoisotopic (exact) mass is 195 g/mol. The van der Waals surface area contributed by atoms with E-state index in [9.17, 15) is 13.0 Å². The van der Waals surface area contributed by atoms with E-state index in [1.54, 1.807) is 0 Å². The van der Waals surface area contributed by atoms with Crippen LogP contribution in [0.3, 0.4) is 0 Å². The summed E-state index contributed by atoms with van der Waals surface area (Å²) < 4.78 is 31.2. The van der Waals surface area contributed by atoms with Crippen molar-refractivity contribution in [3.8, 4) is 0 Å². The predicted molar refractivity (Wildman–Crippen MR) is 39.2 cm³/mol. The molecule has 0 radical (unpaired) electrons. The van der Waals surface area contributed by atoms with E-state index in [0.717, 1.165) is 0 Å². The number of hydrogen-bond acceptors (Lipinski definition) is 4. The van der Waals surface area contributed by atoms with Gasteiger partial charge < -0.3 is 9.87 Å². The van der Waals surface area contributed by atoms with Crippen LogP contribution in [0.2, 0.25) is 0 Å². The first-order valence-electron chi connectivity index (χ1n) is 2.86. The summed E-state index contributed by atoms with van der Waals surface area (Å²) in [4.78, 5) is -0.237. The zero-order valence-electron chi connectivity index (χ0n) is 6.52. The Balaban J connectivity index is 0.00000121. The summed E-state index contributed by atoms with van der Waals surface area (Å²) in [6.07, 6.45) is 6.80. The maximum absolute atomic E-state index is 10.4. The summed E-state index contributed by atoms with van der Waals surface area (Å²) in [5.74, 6) is 0. The molecule has 1 rings (SSSR count). The first kappa shape index (κ1) is 11.9. The molecule has 6 heteroatoms. The van der Waals surface area contributed by atoms with Gasteiger partial charge in [0.15, 0.2) is 0 Å². The molecule has 0 atom stereocenters. The Labute approximate surface area is 93.1 Å². The van der Waals surface area contributed by atoms with Gasteiger partial charge in [-0.15, -0.1) is 0 Å². The van der Waals surface area contributed by atoms with Crippen LogP contribution >= 0.6 is 0 Å². The zero-order valence-corrected chi connectivity index (χ0v) is 9.34. The van der Waals surface area contributed by atoms with Crippen LogP contribution < -0.4 is 34.9 Å². The average molecular weight is 195 g/mol. The van der Waals surface area contributed by atoms with Gasteiger partial charge in [0.1, 0.15) is 10.1 Å². The SMILES string of the molecule is O=S(=O)([O-])C1=CC=CNC=C1.[Na+]. The van der Waals surface area contributed by atoms with Crippen molar-refractivity contribution in [2.24, 2.45) is 0 Å². The molecule has 0 aromatic carbocycles. The first-order chi connectivity index (χ1) is 5.11. The molecular weight excluding hydrogens is 189 g/mol. The Morgan fingerprint density at radius 2 is 2.00 bits per heavy atom. The van der Waals surface area contributed by atoms with Gasteiger partial charge in [-0.2, -0.15) is 0 Å². The Morgan fingerprint density at radius 1 is 1.33 bits per heavy atom. The van der Waals surface area contributed by atoms with E-state index in [1.165, 1.54) is 30.6 Å². The zero-order chi connectivity index (χ0) is 8.32. The fourth-order valence-electron chi connectivity index (χ4n) is 0.607. The van der Waals surface area contributed by atoms with Crippen LogP contribution in [0.25, 0.3) is 0 Å². The van der Waals surface area contributed by atoms with Crippen LogP contribution in [0, 0.1) is 0 Å². The molecule has 0 unspecified atom stereocenters. The Hall–Kier alpha value is -0.0700. The molecule has 1 N–H and O–H groups in total. The van der Waals surface area contributed by atoms with Crippen LogP contribution in [-0.2, 0) is 10.1 Å². The van der Waals surface area contributed by atoms with Crippen LogP contribution in [-0.4, -0.2) is 13.0 Å². The molecule has 0 aliphatic carbocycles. The molecule has 1 aliphatic heterocycles. The summed E-state index contributed by atoms with van der Waals surface area (Å²) in [6.45, 7) is 0. The van der Waals surface area contributed by atoms with Gasteiger partial charge in [0, 0.05) is 12.4 Å². The van der Waals surface area contributed by atoms with E-state index in [2.05, 4.69) is 5.32 Å². The Kier molecular flexibility index (Phi) is 4.81. The molecule has 0 aromatic rings. The molecule has 0 bridgehead atoms. The molecule has 12 heavy (non-hydrogen) atoms. The molecule has 4 nitrogen and oxygen atoms in total. The van der Waals surface area contributed by atoms with Gasteiger partial charge in [-0.1, -0.05) is 0 Å². The maximum atomic E-state index is 10.4. The molecule has 1 aliphatic rings. The second-order valence-electron chi connectivity index (χ2n) is 1.88. The topological polar surface area (TPSA) is 69.2 Å². The minimum Gasteiger partial charge on any atom is -0.744 e. The van der Waals surface area contributed by atoms with E-state index in [1.807, 2.05) is 0 Å². The van der Waals surface area contributed by atoms with Gasteiger partial charge in [-0.3, -0.25) is 0 Å². The van der Waals surface area contributed by atoms with E-state index < -0.39 is 10.1 Å². The van der Waals surface area contributed by atoms with Crippen molar-refractivity contribution in [3.05, 3.63) is 35.5 Å². The maximum Gasteiger partial charge on any atom is 1.00 e. The first-order valence-corrected chi connectivity index (χ1v) is 4.27. The second-order valence-corrected chi connectivity index (χ2v) is 3.26. The molecule has 1 heterocycles. The van der Waals surface area contributed by atoms with Crippen molar-refractivity contribution in [2.75, 3.05) is 0 Å². The van der Waals surface area contributed by atoms with Crippen molar-refractivity contribution in [1.29, 1.82) is 0 Å². The van der Waals surface area contributed by atoms with Gasteiger partial charge in [0.05, 0.1) is 4.91 Å². The van der Waals surface area contributed by atoms with Gasteiger partial charge in [0.2, 0.25) is 0 Å². The standard InChI is InChI=1S/C6H7NO3S.Na/c8-11(9,10)6-2-1-4-7-5-3-6;/h1-5,7H,(H,8,9,10);/q;+1/p-1. The van der Waals surface area contributed by atoms with Crippen LogP contribution in [0.1, 0.15) is 0 Å². The van der Waals surface area contributed by atoms with Gasteiger partial charge >= 0.3 is 29.6 Å². The van der Waals surface area contributed by atoms with E-state index in [0.29, 0.717) is 0 Å². The molecule has 0 saturated carbocycles. The fraction of sp³-hybridized carbons (Fsp3) is 0. The molecule has 0 saturated heterocycles. The summed E-state index contributed by atoms with van der Waals surface area (Å²) in [6, 6.07) is 0. The van der Waals surface area contributed by atoms with Crippen molar-refractivity contribution in [1.82, 2.24) is 5.32 Å². The summed E-state index contributed by atoms with van der Waals surface area (Å²) in [7, 11) is -4.32. The van der Waals surface area contributed by atoms with Gasteiger partial charge in [-0.25, -0.2) is 8.42 Å². The number of nitrogens with one attached hydrogen (secondary N) is 1. The second kappa shape index (κ2) is 4.84. The van der Waals surface area contributed by atoms with E-state index in [4.69, 9.17) is 0 Å². The third kappa shape index (κ3) is 3.55. The Morgan fingerprint density at radius 3 is 2.58 bits per heavy atom. The molecular formula is C6H6NNaO3S. The molecule has 0 fully saturated rings.